The van der Waals surface area contributed by atoms with Gasteiger partial charge in [-0.25, -0.2) is 4.79 Å². The van der Waals surface area contributed by atoms with Gasteiger partial charge in [-0.05, 0) is 19.3 Å². The maximum Gasteiger partial charge on any atom is 0.314 e. The smallest absolute Gasteiger partial charge is 0.314 e. The molecule has 0 radical (unpaired) electrons. The lowest BCUT2D eigenvalue weighted by atomic mass is 10.0. The Morgan fingerprint density at radius 2 is 2.12 bits per heavy atom. The van der Waals surface area contributed by atoms with Gasteiger partial charge in [0.15, 0.2) is 0 Å². The number of nitrogens with one attached hydrogen (secondary N) is 2. The van der Waals surface area contributed by atoms with E-state index < -0.39 is 6.10 Å². The van der Waals surface area contributed by atoms with Gasteiger partial charge in [-0.1, -0.05) is 32.4 Å². The molecule has 0 aliphatic carbocycles. The van der Waals surface area contributed by atoms with Crippen molar-refractivity contribution >= 4 is 6.03 Å². The van der Waals surface area contributed by atoms with Gasteiger partial charge < -0.3 is 15.7 Å². The molecule has 2 atom stereocenters. The second-order valence-corrected chi connectivity index (χ2v) is 3.95. The Labute approximate surface area is 98.1 Å². The maximum absolute atomic E-state index is 11.3. The number of carbonyl (C=O) groups excluding carboxylic acids is 1. The molecule has 0 aliphatic heterocycles. The number of aliphatic hydroxyl groups is 1. The molecule has 3 N–H and O–H groups in total. The van der Waals surface area contributed by atoms with Crippen molar-refractivity contribution in [1.82, 2.24) is 10.6 Å². The molecule has 0 bridgehead atoms. The molecule has 0 heterocycles. The summed E-state index contributed by atoms with van der Waals surface area (Å²) in [4.78, 5) is 11.3. The number of allylic oxidation sites excluding steroid dienone is 1. The summed E-state index contributed by atoms with van der Waals surface area (Å²) >= 11 is 0. The number of urea groups is 1. The SMILES string of the molecule is CC=CCCNC(=O)NCC(O)C(C)CC. The minimum atomic E-state index is -0.466. The van der Waals surface area contributed by atoms with Crippen LogP contribution in [-0.4, -0.2) is 30.3 Å². The summed E-state index contributed by atoms with van der Waals surface area (Å²) in [7, 11) is 0. The monoisotopic (exact) mass is 228 g/mol. The van der Waals surface area contributed by atoms with Gasteiger partial charge in [0.25, 0.3) is 0 Å². The normalized spacial score (nSPS) is 14.8. The molecule has 0 aromatic carbocycles. The molecule has 2 amide bonds. The number of aliphatic hydroxyl groups excluding tert-OH is 1. The molecule has 16 heavy (non-hydrogen) atoms. The lowest BCUT2D eigenvalue weighted by molar-refractivity contribution is 0.114. The second kappa shape index (κ2) is 9.21. The number of amides is 2. The van der Waals surface area contributed by atoms with Gasteiger partial charge in [0.1, 0.15) is 0 Å². The van der Waals surface area contributed by atoms with E-state index in [2.05, 4.69) is 10.6 Å². The Bertz CT molecular complexity index is 217. The third-order valence-electron chi connectivity index (χ3n) is 2.60. The van der Waals surface area contributed by atoms with Crippen molar-refractivity contribution in [1.29, 1.82) is 0 Å². The van der Waals surface area contributed by atoms with E-state index in [1.54, 1.807) is 0 Å². The van der Waals surface area contributed by atoms with E-state index in [4.69, 9.17) is 0 Å². The molecule has 0 spiro atoms. The first-order valence-electron chi connectivity index (χ1n) is 5.92. The molecule has 94 valence electrons. The molecule has 0 aliphatic rings. The highest BCUT2D eigenvalue weighted by atomic mass is 16.3. The molecule has 0 fully saturated rings. The molecular formula is C12H24N2O2. The largest absolute Gasteiger partial charge is 0.391 e. The number of hydrogen-bond donors (Lipinski definition) is 3. The summed E-state index contributed by atoms with van der Waals surface area (Å²) in [6, 6.07) is -0.216. The van der Waals surface area contributed by atoms with Gasteiger partial charge >= 0.3 is 6.03 Å². The average molecular weight is 228 g/mol. The van der Waals surface area contributed by atoms with Crippen LogP contribution in [0.1, 0.15) is 33.6 Å². The molecule has 0 saturated heterocycles. The highest BCUT2D eigenvalue weighted by Crippen LogP contribution is 2.05. The average Bonchev–Trinajstić information content (AvgIpc) is 2.30. The van der Waals surface area contributed by atoms with Crippen LogP contribution >= 0.6 is 0 Å². The van der Waals surface area contributed by atoms with Crippen LogP contribution < -0.4 is 10.6 Å². The third kappa shape index (κ3) is 7.29. The van der Waals surface area contributed by atoms with E-state index in [0.717, 1.165) is 12.8 Å². The van der Waals surface area contributed by atoms with Gasteiger partial charge in [0.2, 0.25) is 0 Å². The number of carbonyl (C=O) groups is 1. The number of rotatable bonds is 7. The molecule has 2 unspecified atom stereocenters. The van der Waals surface area contributed by atoms with Gasteiger partial charge in [0, 0.05) is 13.1 Å². The zero-order valence-electron chi connectivity index (χ0n) is 10.5. The molecule has 0 aromatic rings. The fourth-order valence-corrected chi connectivity index (χ4v) is 1.17. The highest BCUT2D eigenvalue weighted by Gasteiger charge is 2.12. The van der Waals surface area contributed by atoms with E-state index >= 15 is 0 Å². The van der Waals surface area contributed by atoms with Crippen LogP contribution in [0, 0.1) is 5.92 Å². The van der Waals surface area contributed by atoms with Crippen molar-refractivity contribution in [3.8, 4) is 0 Å². The van der Waals surface area contributed by atoms with Crippen molar-refractivity contribution in [2.24, 2.45) is 5.92 Å². The van der Waals surface area contributed by atoms with E-state index in [9.17, 15) is 9.90 Å². The Hall–Kier alpha value is -1.03. The number of hydrogen-bond acceptors (Lipinski definition) is 2. The van der Waals surface area contributed by atoms with E-state index in [1.807, 2.05) is 32.9 Å². The van der Waals surface area contributed by atoms with Crippen LogP contribution in [0.25, 0.3) is 0 Å². The molecule has 4 heteroatoms. The lowest BCUT2D eigenvalue weighted by Gasteiger charge is -2.17. The van der Waals surface area contributed by atoms with Crippen molar-refractivity contribution in [3.63, 3.8) is 0 Å². The topological polar surface area (TPSA) is 61.4 Å². The highest BCUT2D eigenvalue weighted by molar-refractivity contribution is 5.73. The van der Waals surface area contributed by atoms with E-state index in [1.165, 1.54) is 0 Å². The summed E-state index contributed by atoms with van der Waals surface area (Å²) in [6.07, 6.45) is 5.22. The van der Waals surface area contributed by atoms with Crippen molar-refractivity contribution in [2.75, 3.05) is 13.1 Å². The van der Waals surface area contributed by atoms with E-state index in [-0.39, 0.29) is 11.9 Å². The molecule has 0 saturated carbocycles. The summed E-state index contributed by atoms with van der Waals surface area (Å²) in [5.41, 5.74) is 0. The fraction of sp³-hybridized carbons (Fsp3) is 0.750. The van der Waals surface area contributed by atoms with Crippen LogP contribution in [-0.2, 0) is 0 Å². The Balaban J connectivity index is 3.57. The van der Waals surface area contributed by atoms with Crippen molar-refractivity contribution < 1.29 is 9.90 Å². The summed E-state index contributed by atoms with van der Waals surface area (Å²) in [5, 5.41) is 15.0. The first-order chi connectivity index (χ1) is 7.61. The summed E-state index contributed by atoms with van der Waals surface area (Å²) in [6.45, 7) is 6.87. The first-order valence-corrected chi connectivity index (χ1v) is 5.92. The quantitative estimate of drug-likeness (QED) is 0.458. The van der Waals surface area contributed by atoms with Crippen LogP contribution in [0.5, 0.6) is 0 Å². The summed E-state index contributed by atoms with van der Waals surface area (Å²) in [5.74, 6) is 0.211. The predicted molar refractivity (Wildman–Crippen MR) is 66.3 cm³/mol. The summed E-state index contributed by atoms with van der Waals surface area (Å²) < 4.78 is 0. The van der Waals surface area contributed by atoms with Crippen LogP contribution in [0.2, 0.25) is 0 Å². The molecule has 4 nitrogen and oxygen atoms in total. The van der Waals surface area contributed by atoms with Crippen molar-refractivity contribution in [2.45, 2.75) is 39.7 Å². The molecule has 0 aromatic heterocycles. The minimum Gasteiger partial charge on any atom is -0.391 e. The molecule has 0 rings (SSSR count). The predicted octanol–water partition coefficient (Wildman–Crippen LogP) is 1.66. The maximum atomic E-state index is 11.3. The second-order valence-electron chi connectivity index (χ2n) is 3.95. The van der Waals surface area contributed by atoms with Gasteiger partial charge in [-0.2, -0.15) is 0 Å². The van der Waals surface area contributed by atoms with Crippen molar-refractivity contribution in [3.05, 3.63) is 12.2 Å². The Morgan fingerprint density at radius 1 is 1.44 bits per heavy atom. The van der Waals surface area contributed by atoms with Gasteiger partial charge in [-0.15, -0.1) is 0 Å². The molecular weight excluding hydrogens is 204 g/mol. The van der Waals surface area contributed by atoms with Crippen LogP contribution in [0.15, 0.2) is 12.2 Å². The minimum absolute atomic E-state index is 0.211. The van der Waals surface area contributed by atoms with E-state index in [0.29, 0.717) is 13.1 Å². The first kappa shape index (κ1) is 15.0. The standard InChI is InChI=1S/C12H24N2O2/c1-4-6-7-8-13-12(16)14-9-11(15)10(3)5-2/h4,6,10-11,15H,5,7-9H2,1-3H3,(H2,13,14,16). The fourth-order valence-electron chi connectivity index (χ4n) is 1.17. The van der Waals surface area contributed by atoms with Crippen LogP contribution in [0.4, 0.5) is 4.79 Å². The lowest BCUT2D eigenvalue weighted by Crippen LogP contribution is -2.41. The zero-order chi connectivity index (χ0) is 12.4. The zero-order valence-corrected chi connectivity index (χ0v) is 10.5. The third-order valence-corrected chi connectivity index (χ3v) is 2.60. The Kier molecular flexibility index (Phi) is 8.62. The van der Waals surface area contributed by atoms with Crippen LogP contribution in [0.3, 0.4) is 0 Å². The van der Waals surface area contributed by atoms with Gasteiger partial charge in [-0.3, -0.25) is 0 Å². The van der Waals surface area contributed by atoms with Gasteiger partial charge in [0.05, 0.1) is 6.10 Å². The Morgan fingerprint density at radius 3 is 2.69 bits per heavy atom.